The zero-order valence-corrected chi connectivity index (χ0v) is 12.5. The van der Waals surface area contributed by atoms with E-state index in [1.807, 2.05) is 34.1 Å². The summed E-state index contributed by atoms with van der Waals surface area (Å²) < 4.78 is 14.0. The van der Waals surface area contributed by atoms with Crippen molar-refractivity contribution in [3.63, 3.8) is 0 Å². The lowest BCUT2D eigenvalue weighted by Gasteiger charge is -2.25. The minimum absolute atomic E-state index is 0.0119. The first-order valence-electron chi connectivity index (χ1n) is 6.84. The molecule has 1 aromatic carbocycles. The molecule has 0 aliphatic rings. The molecule has 2 N–H and O–H groups in total. The quantitative estimate of drug-likeness (QED) is 0.821. The highest BCUT2D eigenvalue weighted by molar-refractivity contribution is 5.54. The third kappa shape index (κ3) is 4.80. The number of nitrogens with zero attached hydrogens (tertiary/aromatic N) is 2. The summed E-state index contributed by atoms with van der Waals surface area (Å²) in [5, 5.41) is 0. The Kier molecular flexibility index (Phi) is 6.25. The van der Waals surface area contributed by atoms with Gasteiger partial charge in [-0.2, -0.15) is 0 Å². The molecule has 1 rings (SSSR count). The predicted molar refractivity (Wildman–Crippen MR) is 80.2 cm³/mol. The molecule has 0 saturated carbocycles. The van der Waals surface area contributed by atoms with Gasteiger partial charge in [-0.05, 0) is 39.1 Å². The van der Waals surface area contributed by atoms with Crippen LogP contribution in [0.3, 0.4) is 0 Å². The molecule has 4 heteroatoms. The maximum Gasteiger partial charge on any atom is 0.128 e. The van der Waals surface area contributed by atoms with Crippen molar-refractivity contribution in [1.82, 2.24) is 4.90 Å². The molecular weight excluding hydrogens is 241 g/mol. The summed E-state index contributed by atoms with van der Waals surface area (Å²) in [6.07, 6.45) is 1.44. The molecule has 1 unspecified atom stereocenters. The number of hydrogen-bond acceptors (Lipinski definition) is 3. The molecule has 1 aromatic rings. The monoisotopic (exact) mass is 267 g/mol. The number of hydrogen-bond donors (Lipinski definition) is 1. The van der Waals surface area contributed by atoms with Crippen LogP contribution in [0.5, 0.6) is 0 Å². The second-order valence-electron chi connectivity index (χ2n) is 5.33. The standard InChI is InChI=1S/C15H26FN3/c1-5-12(17)11-13-14(16)7-6-8-15(13)19(4)10-9-18(2)3/h6-8,12H,5,9-11,17H2,1-4H3. The van der Waals surface area contributed by atoms with Crippen LogP contribution in [-0.4, -0.2) is 45.2 Å². The van der Waals surface area contributed by atoms with Gasteiger partial charge in [-0.15, -0.1) is 0 Å². The van der Waals surface area contributed by atoms with Gasteiger partial charge in [-0.25, -0.2) is 4.39 Å². The van der Waals surface area contributed by atoms with Crippen LogP contribution in [0, 0.1) is 5.82 Å². The normalized spacial score (nSPS) is 12.8. The molecule has 0 aromatic heterocycles. The summed E-state index contributed by atoms with van der Waals surface area (Å²) in [6, 6.07) is 5.26. The molecule has 0 aliphatic carbocycles. The van der Waals surface area contributed by atoms with Crippen LogP contribution < -0.4 is 10.6 Å². The van der Waals surface area contributed by atoms with Crippen LogP contribution in [0.2, 0.25) is 0 Å². The average Bonchev–Trinajstić information content (AvgIpc) is 2.38. The van der Waals surface area contributed by atoms with Crippen molar-refractivity contribution in [2.45, 2.75) is 25.8 Å². The zero-order chi connectivity index (χ0) is 14.4. The number of halogens is 1. The molecule has 0 aliphatic heterocycles. The van der Waals surface area contributed by atoms with Crippen LogP contribution in [0.1, 0.15) is 18.9 Å². The predicted octanol–water partition coefficient (Wildman–Crippen LogP) is 2.10. The summed E-state index contributed by atoms with van der Waals surface area (Å²) in [6.45, 7) is 3.83. The minimum atomic E-state index is -0.155. The maximum absolute atomic E-state index is 14.0. The third-order valence-corrected chi connectivity index (χ3v) is 3.38. The van der Waals surface area contributed by atoms with Crippen LogP contribution in [0.25, 0.3) is 0 Å². The summed E-state index contributed by atoms with van der Waals surface area (Å²) in [4.78, 5) is 4.22. The van der Waals surface area contributed by atoms with Gasteiger partial charge in [-0.3, -0.25) is 0 Å². The van der Waals surface area contributed by atoms with Gasteiger partial charge >= 0.3 is 0 Å². The molecule has 0 amide bonds. The SMILES string of the molecule is CCC(N)Cc1c(F)cccc1N(C)CCN(C)C. The number of rotatable bonds is 7. The molecule has 0 fully saturated rings. The highest BCUT2D eigenvalue weighted by Crippen LogP contribution is 2.24. The van der Waals surface area contributed by atoms with Crippen molar-refractivity contribution in [1.29, 1.82) is 0 Å². The highest BCUT2D eigenvalue weighted by atomic mass is 19.1. The smallest absolute Gasteiger partial charge is 0.128 e. The Balaban J connectivity index is 2.89. The van der Waals surface area contributed by atoms with Gasteiger partial charge in [0, 0.05) is 37.4 Å². The lowest BCUT2D eigenvalue weighted by molar-refractivity contribution is 0.416. The van der Waals surface area contributed by atoms with Crippen LogP contribution >= 0.6 is 0 Å². The van der Waals surface area contributed by atoms with E-state index in [4.69, 9.17) is 5.73 Å². The van der Waals surface area contributed by atoms with Crippen molar-refractivity contribution in [2.75, 3.05) is 39.1 Å². The Bertz CT molecular complexity index is 393. The van der Waals surface area contributed by atoms with Crippen molar-refractivity contribution in [2.24, 2.45) is 5.73 Å². The maximum atomic E-state index is 14.0. The van der Waals surface area contributed by atoms with Crippen LogP contribution in [0.4, 0.5) is 10.1 Å². The number of anilines is 1. The minimum Gasteiger partial charge on any atom is -0.373 e. The molecule has 3 nitrogen and oxygen atoms in total. The average molecular weight is 267 g/mol. The highest BCUT2D eigenvalue weighted by Gasteiger charge is 2.14. The van der Waals surface area contributed by atoms with E-state index in [1.54, 1.807) is 6.07 Å². The summed E-state index contributed by atoms with van der Waals surface area (Å²) in [5.74, 6) is -0.155. The van der Waals surface area contributed by atoms with Crippen LogP contribution in [0.15, 0.2) is 18.2 Å². The Labute approximate surface area is 116 Å². The van der Waals surface area contributed by atoms with Gasteiger partial charge in [0.05, 0.1) is 0 Å². The van der Waals surface area contributed by atoms with E-state index < -0.39 is 0 Å². The van der Waals surface area contributed by atoms with E-state index in [0.29, 0.717) is 6.42 Å². The molecule has 0 heterocycles. The fourth-order valence-corrected chi connectivity index (χ4v) is 1.98. The first-order chi connectivity index (χ1) is 8.95. The molecule has 0 spiro atoms. The molecule has 108 valence electrons. The molecule has 19 heavy (non-hydrogen) atoms. The van der Waals surface area contributed by atoms with Crippen molar-refractivity contribution >= 4 is 5.69 Å². The van der Waals surface area contributed by atoms with Crippen LogP contribution in [-0.2, 0) is 6.42 Å². The van der Waals surface area contributed by atoms with Gasteiger partial charge in [0.1, 0.15) is 5.82 Å². The van der Waals surface area contributed by atoms with E-state index in [2.05, 4.69) is 9.80 Å². The van der Waals surface area contributed by atoms with E-state index in [0.717, 1.165) is 30.8 Å². The Hall–Kier alpha value is -1.13. The molecular formula is C15H26FN3. The lowest BCUT2D eigenvalue weighted by Crippen LogP contribution is -2.30. The molecule has 0 bridgehead atoms. The largest absolute Gasteiger partial charge is 0.373 e. The lowest BCUT2D eigenvalue weighted by atomic mass is 10.0. The second-order valence-corrected chi connectivity index (χ2v) is 5.33. The Morgan fingerprint density at radius 1 is 1.21 bits per heavy atom. The van der Waals surface area contributed by atoms with Crippen molar-refractivity contribution < 1.29 is 4.39 Å². The van der Waals surface area contributed by atoms with Gasteiger partial charge in [0.2, 0.25) is 0 Å². The Morgan fingerprint density at radius 3 is 2.47 bits per heavy atom. The fraction of sp³-hybridized carbons (Fsp3) is 0.600. The third-order valence-electron chi connectivity index (χ3n) is 3.38. The molecule has 0 saturated heterocycles. The first kappa shape index (κ1) is 15.9. The number of benzene rings is 1. The molecule has 0 radical (unpaired) electrons. The van der Waals surface area contributed by atoms with E-state index >= 15 is 0 Å². The summed E-state index contributed by atoms with van der Waals surface area (Å²) >= 11 is 0. The van der Waals surface area contributed by atoms with Crippen molar-refractivity contribution in [3.8, 4) is 0 Å². The van der Waals surface area contributed by atoms with Crippen molar-refractivity contribution in [3.05, 3.63) is 29.6 Å². The van der Waals surface area contributed by atoms with Gasteiger partial charge in [0.15, 0.2) is 0 Å². The summed E-state index contributed by atoms with van der Waals surface area (Å²) in [5.41, 5.74) is 7.66. The number of nitrogens with two attached hydrogens (primary N) is 1. The van der Waals surface area contributed by atoms with E-state index in [1.165, 1.54) is 6.07 Å². The Morgan fingerprint density at radius 2 is 1.89 bits per heavy atom. The van der Waals surface area contributed by atoms with Gasteiger partial charge < -0.3 is 15.5 Å². The van der Waals surface area contributed by atoms with E-state index in [-0.39, 0.29) is 11.9 Å². The second kappa shape index (κ2) is 7.46. The zero-order valence-electron chi connectivity index (χ0n) is 12.5. The first-order valence-corrected chi connectivity index (χ1v) is 6.84. The topological polar surface area (TPSA) is 32.5 Å². The van der Waals surface area contributed by atoms with Gasteiger partial charge in [0.25, 0.3) is 0 Å². The number of likely N-dealkylation sites (N-methyl/N-ethyl adjacent to an activating group) is 2. The summed E-state index contributed by atoms with van der Waals surface area (Å²) in [7, 11) is 6.07. The molecule has 1 atom stereocenters. The van der Waals surface area contributed by atoms with Gasteiger partial charge in [-0.1, -0.05) is 13.0 Å². The van der Waals surface area contributed by atoms with E-state index in [9.17, 15) is 4.39 Å². The fourth-order valence-electron chi connectivity index (χ4n) is 1.98.